The molecule has 1 aromatic rings. The molecule has 1 aliphatic rings. The first-order valence-electron chi connectivity index (χ1n) is 5.90. The number of benzene rings is 1. The Kier molecular flexibility index (Phi) is 4.22. The molecule has 100 valence electrons. The van der Waals surface area contributed by atoms with Gasteiger partial charge in [-0.1, -0.05) is 35.4 Å². The summed E-state index contributed by atoms with van der Waals surface area (Å²) in [6, 6.07) is 9.27. The van der Waals surface area contributed by atoms with Crippen LogP contribution in [0.4, 0.5) is 4.79 Å². The summed E-state index contributed by atoms with van der Waals surface area (Å²) < 4.78 is 5.13. The van der Waals surface area contributed by atoms with Gasteiger partial charge in [0, 0.05) is 11.3 Å². The zero-order chi connectivity index (χ0) is 13.7. The highest BCUT2D eigenvalue weighted by Gasteiger charge is 2.34. The standard InChI is InChI=1S/C12H14N4O3/c13-15-14-11-6-10(17)7-16(11)12(18)19-8-9-4-2-1-3-5-9/h1-5,10-11,17H,6-8H2. The highest BCUT2D eigenvalue weighted by atomic mass is 16.6. The second kappa shape index (κ2) is 6.08. The first kappa shape index (κ1) is 13.2. The van der Waals surface area contributed by atoms with Gasteiger partial charge in [0.2, 0.25) is 0 Å². The van der Waals surface area contributed by atoms with Gasteiger partial charge in [0.25, 0.3) is 0 Å². The minimum Gasteiger partial charge on any atom is -0.445 e. The number of ether oxygens (including phenoxy) is 1. The van der Waals surface area contributed by atoms with Crippen LogP contribution in [-0.2, 0) is 11.3 Å². The second-order valence-electron chi connectivity index (χ2n) is 4.27. The molecular weight excluding hydrogens is 248 g/mol. The van der Waals surface area contributed by atoms with Gasteiger partial charge < -0.3 is 9.84 Å². The molecule has 1 fully saturated rings. The van der Waals surface area contributed by atoms with Crippen LogP contribution in [0.25, 0.3) is 10.4 Å². The van der Waals surface area contributed by atoms with Crippen molar-refractivity contribution in [1.29, 1.82) is 0 Å². The molecule has 1 N–H and O–H groups in total. The maximum Gasteiger partial charge on any atom is 0.410 e. The van der Waals surface area contributed by atoms with E-state index in [1.165, 1.54) is 4.90 Å². The smallest absolute Gasteiger partial charge is 0.410 e. The van der Waals surface area contributed by atoms with Crippen molar-refractivity contribution in [2.45, 2.75) is 25.3 Å². The summed E-state index contributed by atoms with van der Waals surface area (Å²) in [5.41, 5.74) is 9.29. The van der Waals surface area contributed by atoms with Gasteiger partial charge in [0.15, 0.2) is 0 Å². The number of carbonyl (C=O) groups is 1. The molecule has 1 saturated heterocycles. The fourth-order valence-electron chi connectivity index (χ4n) is 1.96. The van der Waals surface area contributed by atoms with Crippen LogP contribution < -0.4 is 0 Å². The molecule has 2 atom stereocenters. The van der Waals surface area contributed by atoms with Crippen LogP contribution in [0.5, 0.6) is 0 Å². The van der Waals surface area contributed by atoms with Crippen molar-refractivity contribution in [2.24, 2.45) is 5.11 Å². The van der Waals surface area contributed by atoms with Gasteiger partial charge >= 0.3 is 6.09 Å². The summed E-state index contributed by atoms with van der Waals surface area (Å²) in [4.78, 5) is 15.8. The lowest BCUT2D eigenvalue weighted by atomic mass is 10.2. The SMILES string of the molecule is [N-]=[N+]=NC1CC(O)CN1C(=O)OCc1ccccc1. The van der Waals surface area contributed by atoms with E-state index in [0.717, 1.165) is 5.56 Å². The molecule has 19 heavy (non-hydrogen) atoms. The summed E-state index contributed by atoms with van der Waals surface area (Å²) in [7, 11) is 0. The summed E-state index contributed by atoms with van der Waals surface area (Å²) in [5.74, 6) is 0. The van der Waals surface area contributed by atoms with Crippen LogP contribution in [-0.4, -0.2) is 34.9 Å². The van der Waals surface area contributed by atoms with Crippen molar-refractivity contribution in [3.63, 3.8) is 0 Å². The van der Waals surface area contributed by atoms with Crippen molar-refractivity contribution in [2.75, 3.05) is 6.54 Å². The number of carbonyl (C=O) groups excluding carboxylic acids is 1. The highest BCUT2D eigenvalue weighted by molar-refractivity contribution is 5.68. The van der Waals surface area contributed by atoms with Crippen LogP contribution in [0.1, 0.15) is 12.0 Å². The molecule has 0 bridgehead atoms. The van der Waals surface area contributed by atoms with Crippen LogP contribution >= 0.6 is 0 Å². The van der Waals surface area contributed by atoms with E-state index in [9.17, 15) is 9.90 Å². The van der Waals surface area contributed by atoms with Crippen molar-refractivity contribution in [1.82, 2.24) is 4.90 Å². The Bertz CT molecular complexity index is 487. The minimum absolute atomic E-state index is 0.122. The minimum atomic E-state index is -0.681. The van der Waals surface area contributed by atoms with Gasteiger partial charge in [-0.05, 0) is 11.1 Å². The Labute approximate surface area is 110 Å². The maximum absolute atomic E-state index is 11.9. The molecule has 0 radical (unpaired) electrons. The average molecular weight is 262 g/mol. The lowest BCUT2D eigenvalue weighted by Crippen LogP contribution is -2.35. The molecular formula is C12H14N4O3. The molecule has 1 aromatic carbocycles. The molecule has 7 nitrogen and oxygen atoms in total. The Morgan fingerprint density at radius 3 is 2.95 bits per heavy atom. The normalized spacial score (nSPS) is 21.8. The van der Waals surface area contributed by atoms with Gasteiger partial charge in [-0.3, -0.25) is 4.90 Å². The van der Waals surface area contributed by atoms with Crippen molar-refractivity contribution >= 4 is 6.09 Å². The van der Waals surface area contributed by atoms with E-state index in [1.54, 1.807) is 0 Å². The number of β-amino-alcohol motifs (C(OH)–C–C–N with tert-alkyl or cyclic N) is 1. The molecule has 2 unspecified atom stereocenters. The number of aliphatic hydroxyl groups is 1. The van der Waals surface area contributed by atoms with E-state index in [0.29, 0.717) is 0 Å². The predicted molar refractivity (Wildman–Crippen MR) is 66.9 cm³/mol. The molecule has 0 spiro atoms. The molecule has 1 heterocycles. The number of likely N-dealkylation sites (tertiary alicyclic amines) is 1. The van der Waals surface area contributed by atoms with E-state index in [-0.39, 0.29) is 19.6 Å². The molecule has 0 saturated carbocycles. The Morgan fingerprint density at radius 1 is 1.53 bits per heavy atom. The Morgan fingerprint density at radius 2 is 2.26 bits per heavy atom. The number of hydrogen-bond donors (Lipinski definition) is 1. The van der Waals surface area contributed by atoms with Crippen molar-refractivity contribution in [3.05, 3.63) is 46.3 Å². The monoisotopic (exact) mass is 262 g/mol. The summed E-state index contributed by atoms with van der Waals surface area (Å²) in [5, 5.41) is 13.0. The maximum atomic E-state index is 11.9. The summed E-state index contributed by atoms with van der Waals surface area (Å²) >= 11 is 0. The van der Waals surface area contributed by atoms with Crippen LogP contribution in [0, 0.1) is 0 Å². The van der Waals surface area contributed by atoms with Crippen LogP contribution in [0.2, 0.25) is 0 Å². The third-order valence-electron chi connectivity index (χ3n) is 2.87. The Hall–Kier alpha value is -2.24. The summed E-state index contributed by atoms with van der Waals surface area (Å²) in [6.45, 7) is 0.270. The number of rotatable bonds is 3. The number of nitrogens with zero attached hydrogens (tertiary/aromatic N) is 4. The third-order valence-corrected chi connectivity index (χ3v) is 2.87. The van der Waals surface area contributed by atoms with Gasteiger partial charge in [0.1, 0.15) is 12.8 Å². The van der Waals surface area contributed by atoms with Crippen molar-refractivity contribution in [3.8, 4) is 0 Å². The van der Waals surface area contributed by atoms with Crippen LogP contribution in [0.3, 0.4) is 0 Å². The topological polar surface area (TPSA) is 98.5 Å². The number of azide groups is 1. The first-order valence-corrected chi connectivity index (χ1v) is 5.90. The fourth-order valence-corrected chi connectivity index (χ4v) is 1.96. The van der Waals surface area contributed by atoms with E-state index >= 15 is 0 Å². The molecule has 0 aromatic heterocycles. The predicted octanol–water partition coefficient (Wildman–Crippen LogP) is 2.03. The van der Waals surface area contributed by atoms with Gasteiger partial charge in [-0.2, -0.15) is 0 Å². The van der Waals surface area contributed by atoms with Crippen LogP contribution in [0.15, 0.2) is 35.4 Å². The largest absolute Gasteiger partial charge is 0.445 e. The lowest BCUT2D eigenvalue weighted by Gasteiger charge is -2.19. The third kappa shape index (κ3) is 3.37. The van der Waals surface area contributed by atoms with Crippen molar-refractivity contribution < 1.29 is 14.6 Å². The van der Waals surface area contributed by atoms with E-state index in [4.69, 9.17) is 10.3 Å². The lowest BCUT2D eigenvalue weighted by molar-refractivity contribution is 0.0884. The molecule has 7 heteroatoms. The molecule has 1 amide bonds. The fraction of sp³-hybridized carbons (Fsp3) is 0.417. The highest BCUT2D eigenvalue weighted by Crippen LogP contribution is 2.20. The zero-order valence-corrected chi connectivity index (χ0v) is 10.2. The molecule has 1 aliphatic heterocycles. The quantitative estimate of drug-likeness (QED) is 0.512. The molecule has 0 aliphatic carbocycles. The van der Waals surface area contributed by atoms with Gasteiger partial charge in [0.05, 0.1) is 12.6 Å². The number of aliphatic hydroxyl groups excluding tert-OH is 1. The first-order chi connectivity index (χ1) is 9.20. The number of amides is 1. The van der Waals surface area contributed by atoms with E-state index in [2.05, 4.69) is 10.0 Å². The molecule has 2 rings (SSSR count). The van der Waals surface area contributed by atoms with E-state index < -0.39 is 18.4 Å². The Balaban J connectivity index is 1.94. The zero-order valence-electron chi connectivity index (χ0n) is 10.2. The average Bonchev–Trinajstić information content (AvgIpc) is 2.79. The number of hydrogen-bond acceptors (Lipinski definition) is 4. The van der Waals surface area contributed by atoms with Gasteiger partial charge in [-0.15, -0.1) is 0 Å². The summed E-state index contributed by atoms with van der Waals surface area (Å²) in [6.07, 6.45) is -1.70. The van der Waals surface area contributed by atoms with Gasteiger partial charge in [-0.25, -0.2) is 4.79 Å². The second-order valence-corrected chi connectivity index (χ2v) is 4.27. The van der Waals surface area contributed by atoms with E-state index in [1.807, 2.05) is 30.3 Å².